The third-order valence-electron chi connectivity index (χ3n) is 7.57. The molecule has 2 atom stereocenters. The molecule has 5 rings (SSSR count). The molecule has 0 radical (unpaired) electrons. The van der Waals surface area contributed by atoms with Crippen LogP contribution in [0.15, 0.2) is 78.4 Å². The van der Waals surface area contributed by atoms with Gasteiger partial charge in [0.25, 0.3) is 11.7 Å². The topological polar surface area (TPSA) is 80.5 Å². The Bertz CT molecular complexity index is 1400. The fourth-order valence-electron chi connectivity index (χ4n) is 5.44. The highest BCUT2D eigenvalue weighted by Crippen LogP contribution is 2.41. The zero-order chi connectivity index (χ0) is 27.5. The van der Waals surface area contributed by atoms with Gasteiger partial charge in [0.2, 0.25) is 0 Å². The molecule has 2 aliphatic rings. The quantitative estimate of drug-likeness (QED) is 0.248. The first-order valence-electron chi connectivity index (χ1n) is 13.6. The Morgan fingerprint density at radius 1 is 1.00 bits per heavy atom. The molecule has 0 aromatic heterocycles. The number of carbonyl (C=O) groups is 2. The standard InChI is InChI=1S/C32H34N2O5/c1-4-33(5-2)16-17-34-29(22-10-9-13-26(20-22)39-25-11-7-6-8-12-25)28(31(36)32(34)37)30(35)23-14-15-27-24(19-23)18-21(3)38-27/h6-15,19-21,29,35H,4-5,16-18H2,1-3H3/p+1/t21-,29-/m1/s1. The minimum atomic E-state index is -0.734. The Morgan fingerprint density at radius 3 is 2.49 bits per heavy atom. The number of fused-ring (bicyclic) bond motifs is 1. The van der Waals surface area contributed by atoms with Crippen molar-refractivity contribution >= 4 is 17.4 Å². The molecular formula is C32H35N2O5+. The Kier molecular flexibility index (Phi) is 7.70. The number of rotatable bonds is 9. The van der Waals surface area contributed by atoms with Gasteiger partial charge in [0.05, 0.1) is 37.8 Å². The number of amides is 1. The summed E-state index contributed by atoms with van der Waals surface area (Å²) in [7, 11) is 0. The number of aliphatic hydroxyl groups is 1. The van der Waals surface area contributed by atoms with E-state index in [2.05, 4.69) is 13.8 Å². The highest BCUT2D eigenvalue weighted by Gasteiger charge is 2.46. The van der Waals surface area contributed by atoms with Crippen LogP contribution in [0.2, 0.25) is 0 Å². The van der Waals surface area contributed by atoms with Crippen LogP contribution >= 0.6 is 0 Å². The lowest BCUT2D eigenvalue weighted by Gasteiger charge is -2.27. The van der Waals surface area contributed by atoms with Gasteiger partial charge in [0.15, 0.2) is 0 Å². The molecule has 1 amide bonds. The van der Waals surface area contributed by atoms with E-state index in [1.807, 2.05) is 73.7 Å². The van der Waals surface area contributed by atoms with Crippen LogP contribution in [0.1, 0.15) is 43.5 Å². The van der Waals surface area contributed by atoms with Gasteiger partial charge in [0.1, 0.15) is 29.1 Å². The van der Waals surface area contributed by atoms with Crippen LogP contribution in [0.4, 0.5) is 0 Å². The van der Waals surface area contributed by atoms with Gasteiger partial charge in [-0.2, -0.15) is 0 Å². The van der Waals surface area contributed by atoms with E-state index in [1.165, 1.54) is 4.90 Å². The number of nitrogens with one attached hydrogen (secondary N) is 1. The van der Waals surface area contributed by atoms with Crippen LogP contribution in [-0.2, 0) is 16.0 Å². The van der Waals surface area contributed by atoms with E-state index in [-0.39, 0.29) is 17.4 Å². The van der Waals surface area contributed by atoms with Crippen LogP contribution in [0, 0.1) is 0 Å². The Morgan fingerprint density at radius 2 is 1.74 bits per heavy atom. The average molecular weight is 528 g/mol. The number of quaternary nitrogens is 1. The summed E-state index contributed by atoms with van der Waals surface area (Å²) in [5.41, 5.74) is 2.27. The van der Waals surface area contributed by atoms with Crippen LogP contribution in [0.25, 0.3) is 5.76 Å². The second kappa shape index (κ2) is 11.3. The number of carbonyl (C=O) groups excluding carboxylic acids is 2. The number of likely N-dealkylation sites (tertiary alicyclic amines) is 1. The molecule has 0 spiro atoms. The normalized spacial score (nSPS) is 19.8. The number of Topliss-reactive ketones (excluding diaryl/α,β-unsaturated/α-hetero) is 1. The largest absolute Gasteiger partial charge is 0.507 e. The molecule has 39 heavy (non-hydrogen) atoms. The molecule has 7 nitrogen and oxygen atoms in total. The lowest BCUT2D eigenvalue weighted by molar-refractivity contribution is -0.895. The number of benzene rings is 3. The number of likely N-dealkylation sites (N-methyl/N-ethyl adjacent to an activating group) is 1. The van der Waals surface area contributed by atoms with E-state index in [1.54, 1.807) is 11.0 Å². The molecule has 1 fully saturated rings. The molecule has 3 aromatic rings. The summed E-state index contributed by atoms with van der Waals surface area (Å²) in [6, 6.07) is 21.5. The number of para-hydroxylation sites is 1. The first-order valence-corrected chi connectivity index (χ1v) is 13.6. The van der Waals surface area contributed by atoms with Gasteiger partial charge in [-0.1, -0.05) is 30.3 Å². The highest BCUT2D eigenvalue weighted by molar-refractivity contribution is 6.46. The van der Waals surface area contributed by atoms with Crippen molar-refractivity contribution in [2.24, 2.45) is 0 Å². The number of hydrogen-bond acceptors (Lipinski definition) is 5. The van der Waals surface area contributed by atoms with Crippen molar-refractivity contribution in [2.75, 3.05) is 26.2 Å². The third-order valence-corrected chi connectivity index (χ3v) is 7.57. The Hall–Kier alpha value is -4.10. The maximum Gasteiger partial charge on any atom is 0.295 e. The van der Waals surface area contributed by atoms with Crippen molar-refractivity contribution in [2.45, 2.75) is 39.3 Å². The predicted octanol–water partition coefficient (Wildman–Crippen LogP) is 4.15. The number of ketones is 1. The maximum absolute atomic E-state index is 13.5. The summed E-state index contributed by atoms with van der Waals surface area (Å²) in [6.07, 6.45) is 0.776. The lowest BCUT2D eigenvalue weighted by Crippen LogP contribution is -3.12. The zero-order valence-corrected chi connectivity index (χ0v) is 22.6. The number of ether oxygens (including phenoxy) is 2. The van der Waals surface area contributed by atoms with E-state index in [4.69, 9.17) is 9.47 Å². The van der Waals surface area contributed by atoms with Gasteiger partial charge < -0.3 is 24.4 Å². The van der Waals surface area contributed by atoms with Crippen molar-refractivity contribution in [1.82, 2.24) is 4.90 Å². The molecule has 0 aliphatic carbocycles. The van der Waals surface area contributed by atoms with Crippen LogP contribution < -0.4 is 14.4 Å². The van der Waals surface area contributed by atoms with Crippen molar-refractivity contribution < 1.29 is 29.1 Å². The monoisotopic (exact) mass is 527 g/mol. The molecule has 1 saturated heterocycles. The van der Waals surface area contributed by atoms with Crippen molar-refractivity contribution in [3.63, 3.8) is 0 Å². The Balaban J connectivity index is 1.57. The van der Waals surface area contributed by atoms with Crippen LogP contribution in [0.3, 0.4) is 0 Å². The molecule has 0 bridgehead atoms. The fourth-order valence-corrected chi connectivity index (χ4v) is 5.44. The van der Waals surface area contributed by atoms with Gasteiger partial charge >= 0.3 is 0 Å². The van der Waals surface area contributed by atoms with Gasteiger partial charge in [-0.25, -0.2) is 0 Å². The summed E-state index contributed by atoms with van der Waals surface area (Å²) in [5.74, 6) is 0.606. The third kappa shape index (κ3) is 5.40. The summed E-state index contributed by atoms with van der Waals surface area (Å²) in [5, 5.41) is 11.5. The van der Waals surface area contributed by atoms with Crippen molar-refractivity contribution in [3.05, 3.63) is 95.1 Å². The molecule has 2 heterocycles. The van der Waals surface area contributed by atoms with Gasteiger partial charge in [0, 0.05) is 12.0 Å². The molecule has 0 unspecified atom stereocenters. The minimum absolute atomic E-state index is 0.0536. The fraction of sp³-hybridized carbons (Fsp3) is 0.312. The van der Waals surface area contributed by atoms with E-state index >= 15 is 0 Å². The first kappa shape index (κ1) is 26.5. The van der Waals surface area contributed by atoms with Gasteiger partial charge in [-0.05, 0) is 74.4 Å². The number of aliphatic hydroxyl groups excluding tert-OH is 1. The van der Waals surface area contributed by atoms with E-state index in [9.17, 15) is 14.7 Å². The minimum Gasteiger partial charge on any atom is -0.507 e. The van der Waals surface area contributed by atoms with Crippen LogP contribution in [0.5, 0.6) is 17.2 Å². The number of hydrogen-bond donors (Lipinski definition) is 2. The van der Waals surface area contributed by atoms with Crippen molar-refractivity contribution in [1.29, 1.82) is 0 Å². The van der Waals surface area contributed by atoms with E-state index in [0.29, 0.717) is 35.7 Å². The lowest BCUT2D eigenvalue weighted by atomic mass is 9.94. The molecular weight excluding hydrogens is 492 g/mol. The maximum atomic E-state index is 13.5. The van der Waals surface area contributed by atoms with Gasteiger partial charge in [-0.15, -0.1) is 0 Å². The average Bonchev–Trinajstić information content (AvgIpc) is 3.44. The SMILES string of the molecule is CC[NH+](CC)CCN1C(=O)C(=O)C(=C(O)c2ccc3c(c2)C[C@@H](C)O3)[C@H]1c1cccc(Oc2ccccc2)c1. The molecule has 3 aromatic carbocycles. The van der Waals surface area contributed by atoms with Crippen LogP contribution in [-0.4, -0.2) is 54.0 Å². The summed E-state index contributed by atoms with van der Waals surface area (Å²) in [4.78, 5) is 29.8. The summed E-state index contributed by atoms with van der Waals surface area (Å²) >= 11 is 0. The second-order valence-electron chi connectivity index (χ2n) is 10.1. The van der Waals surface area contributed by atoms with E-state index in [0.717, 1.165) is 30.8 Å². The predicted molar refractivity (Wildman–Crippen MR) is 149 cm³/mol. The smallest absolute Gasteiger partial charge is 0.295 e. The second-order valence-corrected chi connectivity index (χ2v) is 10.1. The van der Waals surface area contributed by atoms with Gasteiger partial charge in [-0.3, -0.25) is 9.59 Å². The molecule has 202 valence electrons. The first-order chi connectivity index (χ1) is 18.9. The number of nitrogens with zero attached hydrogens (tertiary/aromatic N) is 1. The Labute approximate surface area is 229 Å². The molecule has 2 N–H and O–H groups in total. The molecule has 2 aliphatic heterocycles. The molecule has 7 heteroatoms. The zero-order valence-electron chi connectivity index (χ0n) is 22.6. The van der Waals surface area contributed by atoms with Crippen molar-refractivity contribution in [3.8, 4) is 17.2 Å². The summed E-state index contributed by atoms with van der Waals surface area (Å²) < 4.78 is 11.9. The highest BCUT2D eigenvalue weighted by atomic mass is 16.5. The molecule has 0 saturated carbocycles. The van der Waals surface area contributed by atoms with E-state index < -0.39 is 17.7 Å². The summed E-state index contributed by atoms with van der Waals surface area (Å²) in [6.45, 7) is 9.13.